The van der Waals surface area contributed by atoms with Crippen LogP contribution in [0.4, 0.5) is 11.5 Å². The van der Waals surface area contributed by atoms with Gasteiger partial charge in [-0.25, -0.2) is 13.4 Å². The predicted molar refractivity (Wildman–Crippen MR) is 98.0 cm³/mol. The number of hydrogen-bond acceptors (Lipinski definition) is 6. The number of pyridine rings is 2. The van der Waals surface area contributed by atoms with Gasteiger partial charge in [-0.1, -0.05) is 13.8 Å². The number of aromatic nitrogens is 2. The second-order valence-electron chi connectivity index (χ2n) is 7.08. The number of nitrogens with zero attached hydrogens (tertiary/aromatic N) is 3. The fraction of sp³-hybridized carbons (Fsp3) is 0.529. The quantitative estimate of drug-likeness (QED) is 0.911. The van der Waals surface area contributed by atoms with Gasteiger partial charge in [0.15, 0.2) is 0 Å². The summed E-state index contributed by atoms with van der Waals surface area (Å²) >= 11 is 0. The van der Waals surface area contributed by atoms with Crippen LogP contribution in [-0.4, -0.2) is 43.0 Å². The molecule has 0 radical (unpaired) electrons. The van der Waals surface area contributed by atoms with Crippen LogP contribution in [0.3, 0.4) is 0 Å². The molecule has 2 aromatic rings. The molecule has 24 heavy (non-hydrogen) atoms. The van der Waals surface area contributed by atoms with Crippen LogP contribution in [0.1, 0.15) is 32.4 Å². The van der Waals surface area contributed by atoms with Crippen molar-refractivity contribution in [3.05, 3.63) is 24.2 Å². The number of nitrogens with two attached hydrogens (primary N) is 1. The Hall–Kier alpha value is -1.89. The van der Waals surface area contributed by atoms with Crippen molar-refractivity contribution in [2.24, 2.45) is 5.92 Å². The van der Waals surface area contributed by atoms with Crippen molar-refractivity contribution < 1.29 is 8.42 Å². The van der Waals surface area contributed by atoms with Crippen molar-refractivity contribution in [3.8, 4) is 0 Å². The highest BCUT2D eigenvalue weighted by atomic mass is 32.2. The monoisotopic (exact) mass is 348 g/mol. The highest BCUT2D eigenvalue weighted by molar-refractivity contribution is 7.90. The molecule has 3 rings (SSSR count). The topological polar surface area (TPSA) is 89.2 Å². The maximum atomic E-state index is 11.5. The van der Waals surface area contributed by atoms with Crippen LogP contribution in [0.15, 0.2) is 18.5 Å². The third-order valence-electron chi connectivity index (χ3n) is 4.78. The Balaban J connectivity index is 1.99. The highest BCUT2D eigenvalue weighted by Crippen LogP contribution is 2.38. The lowest BCUT2D eigenvalue weighted by molar-refractivity contribution is 0.341. The van der Waals surface area contributed by atoms with Crippen molar-refractivity contribution in [3.63, 3.8) is 0 Å². The molecule has 0 unspecified atom stereocenters. The highest BCUT2D eigenvalue weighted by Gasteiger charge is 2.38. The normalized spacial score (nSPS) is 21.3. The van der Waals surface area contributed by atoms with Crippen molar-refractivity contribution in [2.75, 3.05) is 29.2 Å². The smallest absolute Gasteiger partial charge is 0.147 e. The summed E-state index contributed by atoms with van der Waals surface area (Å²) < 4.78 is 23.1. The zero-order valence-electron chi connectivity index (χ0n) is 14.5. The zero-order chi connectivity index (χ0) is 17.6. The molecule has 1 aliphatic rings. The molecule has 0 aliphatic carbocycles. The molecular formula is C17H24N4O2S. The summed E-state index contributed by atoms with van der Waals surface area (Å²) in [5, 5.41) is 2.04. The summed E-state index contributed by atoms with van der Waals surface area (Å²) in [4.78, 5) is 11.1. The third kappa shape index (κ3) is 3.05. The summed E-state index contributed by atoms with van der Waals surface area (Å²) in [6.07, 6.45) is 4.97. The first-order valence-electron chi connectivity index (χ1n) is 8.16. The van der Waals surface area contributed by atoms with E-state index in [2.05, 4.69) is 35.6 Å². The van der Waals surface area contributed by atoms with Crippen LogP contribution >= 0.6 is 0 Å². The van der Waals surface area contributed by atoms with Crippen molar-refractivity contribution >= 4 is 32.1 Å². The van der Waals surface area contributed by atoms with Crippen LogP contribution in [0.25, 0.3) is 10.8 Å². The van der Waals surface area contributed by atoms with Gasteiger partial charge in [0, 0.05) is 41.7 Å². The van der Waals surface area contributed by atoms with E-state index in [-0.39, 0.29) is 23.6 Å². The maximum absolute atomic E-state index is 11.5. The van der Waals surface area contributed by atoms with Crippen molar-refractivity contribution in [1.82, 2.24) is 9.97 Å². The van der Waals surface area contributed by atoms with E-state index < -0.39 is 9.84 Å². The van der Waals surface area contributed by atoms with Gasteiger partial charge in [-0.05, 0) is 18.9 Å². The molecule has 1 aliphatic heterocycles. The molecule has 1 fully saturated rings. The first-order chi connectivity index (χ1) is 11.2. The van der Waals surface area contributed by atoms with E-state index in [9.17, 15) is 8.42 Å². The van der Waals surface area contributed by atoms with Gasteiger partial charge >= 0.3 is 0 Å². The SMILES string of the molecule is CC(C)c1ncc(N2C[C@H](CS(C)(=O)=O)[C@H]2C)c2cnc(N)cc12. The summed E-state index contributed by atoms with van der Waals surface area (Å²) in [5.74, 6) is 1.15. The number of sulfone groups is 1. The minimum Gasteiger partial charge on any atom is -0.384 e. The Morgan fingerprint density at radius 2 is 2.00 bits per heavy atom. The second-order valence-corrected chi connectivity index (χ2v) is 9.27. The van der Waals surface area contributed by atoms with Gasteiger partial charge < -0.3 is 10.6 Å². The molecule has 7 heteroatoms. The molecule has 0 saturated carbocycles. The summed E-state index contributed by atoms with van der Waals surface area (Å²) in [6.45, 7) is 6.99. The van der Waals surface area contributed by atoms with E-state index in [1.165, 1.54) is 6.26 Å². The second kappa shape index (κ2) is 5.88. The Bertz CT molecular complexity index is 880. The van der Waals surface area contributed by atoms with Crippen LogP contribution in [0, 0.1) is 5.92 Å². The lowest BCUT2D eigenvalue weighted by Crippen LogP contribution is -2.57. The number of hydrogen-bond donors (Lipinski definition) is 1. The standard InChI is InChI=1S/C17H24N4O2S/c1-10(2)17-13-5-16(18)19-6-14(13)15(7-20-17)21-8-12(11(21)3)9-24(4,22)23/h5-7,10-12H,8-9H2,1-4H3,(H2,18,19)/t11-,12-/m1/s1. The molecule has 2 N–H and O–H groups in total. The molecule has 1 saturated heterocycles. The summed E-state index contributed by atoms with van der Waals surface area (Å²) in [6, 6.07) is 2.03. The van der Waals surface area contributed by atoms with Gasteiger partial charge in [0.1, 0.15) is 15.7 Å². The van der Waals surface area contributed by atoms with E-state index in [1.54, 1.807) is 6.20 Å². The minimum absolute atomic E-state index is 0.154. The number of rotatable bonds is 4. The first-order valence-corrected chi connectivity index (χ1v) is 10.2. The van der Waals surface area contributed by atoms with Gasteiger partial charge in [0.2, 0.25) is 0 Å². The van der Waals surface area contributed by atoms with Crippen LogP contribution < -0.4 is 10.6 Å². The Labute approximate surface area is 143 Å². The lowest BCUT2D eigenvalue weighted by atomic mass is 9.90. The van der Waals surface area contributed by atoms with Crippen LogP contribution in [0.2, 0.25) is 0 Å². The molecule has 0 bridgehead atoms. The molecule has 0 aromatic carbocycles. The zero-order valence-corrected chi connectivity index (χ0v) is 15.3. The lowest BCUT2D eigenvalue weighted by Gasteiger charge is -2.48. The summed E-state index contributed by atoms with van der Waals surface area (Å²) in [5.41, 5.74) is 7.87. The van der Waals surface area contributed by atoms with E-state index >= 15 is 0 Å². The van der Waals surface area contributed by atoms with E-state index in [4.69, 9.17) is 5.73 Å². The van der Waals surface area contributed by atoms with Gasteiger partial charge in [-0.2, -0.15) is 0 Å². The van der Waals surface area contributed by atoms with Crippen molar-refractivity contribution in [2.45, 2.75) is 32.7 Å². The first kappa shape index (κ1) is 17.0. The van der Waals surface area contributed by atoms with E-state index in [1.807, 2.05) is 12.3 Å². The third-order valence-corrected chi connectivity index (χ3v) is 5.81. The largest absolute Gasteiger partial charge is 0.384 e. The van der Waals surface area contributed by atoms with E-state index in [0.717, 1.165) is 28.7 Å². The molecule has 0 spiro atoms. The maximum Gasteiger partial charge on any atom is 0.147 e. The molecule has 3 heterocycles. The molecular weight excluding hydrogens is 324 g/mol. The molecule has 6 nitrogen and oxygen atoms in total. The Morgan fingerprint density at radius 3 is 2.58 bits per heavy atom. The fourth-order valence-electron chi connectivity index (χ4n) is 3.43. The van der Waals surface area contributed by atoms with Gasteiger partial charge in [0.25, 0.3) is 0 Å². The average molecular weight is 348 g/mol. The van der Waals surface area contributed by atoms with Crippen molar-refractivity contribution in [1.29, 1.82) is 0 Å². The summed E-state index contributed by atoms with van der Waals surface area (Å²) in [7, 11) is -2.96. The predicted octanol–water partition coefficient (Wildman–Crippen LogP) is 2.20. The van der Waals surface area contributed by atoms with Crippen LogP contribution in [-0.2, 0) is 9.84 Å². The number of anilines is 2. The number of fused-ring (bicyclic) bond motifs is 1. The van der Waals surface area contributed by atoms with Crippen LogP contribution in [0.5, 0.6) is 0 Å². The van der Waals surface area contributed by atoms with E-state index in [0.29, 0.717) is 5.82 Å². The van der Waals surface area contributed by atoms with Gasteiger partial charge in [-0.3, -0.25) is 4.98 Å². The molecule has 2 aromatic heterocycles. The fourth-order valence-corrected chi connectivity index (χ4v) is 4.59. The minimum atomic E-state index is -2.96. The van der Waals surface area contributed by atoms with Gasteiger partial charge in [-0.15, -0.1) is 0 Å². The average Bonchev–Trinajstić information content (AvgIpc) is 2.48. The molecule has 0 amide bonds. The number of nitrogen functional groups attached to an aromatic ring is 1. The van der Waals surface area contributed by atoms with Gasteiger partial charge in [0.05, 0.1) is 23.3 Å². The Morgan fingerprint density at radius 1 is 1.29 bits per heavy atom. The Kier molecular flexibility index (Phi) is 4.15. The molecule has 130 valence electrons. The molecule has 2 atom stereocenters.